The van der Waals surface area contributed by atoms with E-state index in [4.69, 9.17) is 0 Å². The van der Waals surface area contributed by atoms with Gasteiger partial charge < -0.3 is 0 Å². The number of hydrogen-bond acceptors (Lipinski definition) is 4. The molecule has 1 aliphatic carbocycles. The van der Waals surface area contributed by atoms with Gasteiger partial charge in [-0.2, -0.15) is 0 Å². The molecule has 0 bridgehead atoms. The molecule has 0 saturated carbocycles. The second-order valence-electron chi connectivity index (χ2n) is 3.87. The summed E-state index contributed by atoms with van der Waals surface area (Å²) in [5.74, 6) is 0.239. The topological polar surface area (TPSA) is 42.9 Å². The van der Waals surface area contributed by atoms with Gasteiger partial charge in [0.2, 0.25) is 0 Å². The van der Waals surface area contributed by atoms with Crippen molar-refractivity contribution in [2.45, 2.75) is 16.8 Å². The van der Waals surface area contributed by atoms with Gasteiger partial charge in [0.05, 0.1) is 5.25 Å². The summed E-state index contributed by atoms with van der Waals surface area (Å²) >= 11 is 1.43. The first kappa shape index (κ1) is 10.5. The van der Waals surface area contributed by atoms with E-state index in [0.29, 0.717) is 11.6 Å². The minimum absolute atomic E-state index is 0.145. The fraction of sp³-hybridized carbons (Fsp3) is 0.154. The number of carbonyl (C=O) groups is 1. The Balaban J connectivity index is 1.92. The molecule has 1 unspecified atom stereocenters. The molecule has 0 amide bonds. The van der Waals surface area contributed by atoms with Crippen molar-refractivity contribution in [3.63, 3.8) is 0 Å². The second-order valence-corrected chi connectivity index (χ2v) is 4.94. The number of ketones is 1. The Bertz CT molecular complexity index is 556. The van der Waals surface area contributed by atoms with Crippen molar-refractivity contribution in [2.75, 3.05) is 0 Å². The first-order valence-electron chi connectivity index (χ1n) is 5.39. The maximum absolute atomic E-state index is 12.0. The van der Waals surface area contributed by atoms with E-state index >= 15 is 0 Å². The van der Waals surface area contributed by atoms with Crippen LogP contribution in [-0.4, -0.2) is 15.8 Å². The van der Waals surface area contributed by atoms with Crippen LogP contribution in [0, 0.1) is 0 Å². The minimum atomic E-state index is -0.145. The average molecular weight is 242 g/mol. The van der Waals surface area contributed by atoms with Crippen molar-refractivity contribution < 1.29 is 4.79 Å². The Morgan fingerprint density at radius 3 is 2.71 bits per heavy atom. The van der Waals surface area contributed by atoms with Gasteiger partial charge in [-0.3, -0.25) is 4.79 Å². The Labute approximate surface area is 103 Å². The van der Waals surface area contributed by atoms with Gasteiger partial charge in [-0.05, 0) is 17.2 Å². The number of benzene rings is 1. The molecule has 0 radical (unpaired) electrons. The molecule has 0 spiro atoms. The lowest BCUT2D eigenvalue weighted by Gasteiger charge is -2.07. The normalized spacial score (nSPS) is 18.1. The van der Waals surface area contributed by atoms with Crippen molar-refractivity contribution in [2.24, 2.45) is 0 Å². The van der Waals surface area contributed by atoms with Gasteiger partial charge in [0.1, 0.15) is 0 Å². The maximum Gasteiger partial charge on any atom is 0.188 e. The summed E-state index contributed by atoms with van der Waals surface area (Å²) in [7, 11) is 0. The summed E-state index contributed by atoms with van der Waals surface area (Å²) in [6.07, 6.45) is 3.92. The predicted molar refractivity (Wildman–Crippen MR) is 65.8 cm³/mol. The first-order chi connectivity index (χ1) is 8.34. The van der Waals surface area contributed by atoms with Gasteiger partial charge in [0, 0.05) is 18.8 Å². The van der Waals surface area contributed by atoms with Crippen LogP contribution in [0.3, 0.4) is 0 Å². The Morgan fingerprint density at radius 1 is 1.12 bits per heavy atom. The highest BCUT2D eigenvalue weighted by molar-refractivity contribution is 8.00. The molecule has 1 heterocycles. The number of Topliss-reactive ketones (excluding diaryl/α,β-unsaturated/α-hetero) is 1. The van der Waals surface area contributed by atoms with Crippen molar-refractivity contribution in [1.29, 1.82) is 0 Å². The summed E-state index contributed by atoms with van der Waals surface area (Å²) in [5, 5.41) is 0.510. The largest absolute Gasteiger partial charge is 0.298 e. The van der Waals surface area contributed by atoms with E-state index in [1.165, 1.54) is 11.8 Å². The third-order valence-corrected chi connectivity index (χ3v) is 3.93. The Hall–Kier alpha value is -1.68. The third kappa shape index (κ3) is 1.96. The summed E-state index contributed by atoms with van der Waals surface area (Å²) in [4.78, 5) is 20.3. The van der Waals surface area contributed by atoms with E-state index in [-0.39, 0.29) is 11.0 Å². The second kappa shape index (κ2) is 4.30. The Morgan fingerprint density at radius 2 is 1.88 bits per heavy atom. The zero-order valence-corrected chi connectivity index (χ0v) is 9.85. The number of thioether (sulfide) groups is 1. The number of nitrogens with zero attached hydrogens (tertiary/aromatic N) is 2. The van der Waals surface area contributed by atoms with Crippen LogP contribution in [-0.2, 0) is 11.2 Å². The highest BCUT2D eigenvalue weighted by Crippen LogP contribution is 2.40. The molecule has 1 aromatic heterocycles. The quantitative estimate of drug-likeness (QED) is 0.759. The molecular formula is C13H10N2OS. The standard InChI is InChI=1S/C13H10N2OS/c16-11-8-9-4-1-2-5-10(9)12(11)17-13-14-6-3-7-15-13/h1-7,12H,8H2. The van der Waals surface area contributed by atoms with E-state index in [0.717, 1.165) is 11.1 Å². The zero-order valence-electron chi connectivity index (χ0n) is 9.04. The van der Waals surface area contributed by atoms with Crippen molar-refractivity contribution in [3.8, 4) is 0 Å². The van der Waals surface area contributed by atoms with Crippen LogP contribution < -0.4 is 0 Å². The van der Waals surface area contributed by atoms with Gasteiger partial charge >= 0.3 is 0 Å². The van der Waals surface area contributed by atoms with Crippen LogP contribution in [0.2, 0.25) is 0 Å². The highest BCUT2D eigenvalue weighted by Gasteiger charge is 2.31. The lowest BCUT2D eigenvalue weighted by atomic mass is 10.1. The van der Waals surface area contributed by atoms with Crippen molar-refractivity contribution in [3.05, 3.63) is 53.9 Å². The molecule has 0 fully saturated rings. The maximum atomic E-state index is 12.0. The highest BCUT2D eigenvalue weighted by atomic mass is 32.2. The van der Waals surface area contributed by atoms with Crippen molar-refractivity contribution in [1.82, 2.24) is 9.97 Å². The van der Waals surface area contributed by atoms with Gasteiger partial charge in [-0.25, -0.2) is 9.97 Å². The number of hydrogen-bond donors (Lipinski definition) is 0. The molecule has 0 saturated heterocycles. The molecule has 1 atom stereocenters. The lowest BCUT2D eigenvalue weighted by Crippen LogP contribution is -2.02. The van der Waals surface area contributed by atoms with Gasteiger partial charge in [0.15, 0.2) is 10.9 Å². The van der Waals surface area contributed by atoms with Gasteiger partial charge in [-0.15, -0.1) is 0 Å². The molecule has 1 aromatic carbocycles. The SMILES string of the molecule is O=C1Cc2ccccc2C1Sc1ncccn1. The van der Waals surface area contributed by atoms with E-state index < -0.39 is 0 Å². The van der Waals surface area contributed by atoms with Crippen LogP contribution in [0.4, 0.5) is 0 Å². The van der Waals surface area contributed by atoms with Crippen LogP contribution in [0.1, 0.15) is 16.4 Å². The molecule has 0 aliphatic heterocycles. The van der Waals surface area contributed by atoms with Crippen LogP contribution in [0.15, 0.2) is 47.9 Å². The molecule has 0 N–H and O–H groups in total. The molecular weight excluding hydrogens is 232 g/mol. The number of aromatic nitrogens is 2. The first-order valence-corrected chi connectivity index (χ1v) is 6.27. The van der Waals surface area contributed by atoms with E-state index in [9.17, 15) is 4.79 Å². The lowest BCUT2D eigenvalue weighted by molar-refractivity contribution is -0.117. The molecule has 1 aliphatic rings. The molecule has 3 nitrogen and oxygen atoms in total. The minimum Gasteiger partial charge on any atom is -0.298 e. The number of carbonyl (C=O) groups excluding carboxylic acids is 1. The summed E-state index contributed by atoms with van der Waals surface area (Å²) in [6.45, 7) is 0. The molecule has 17 heavy (non-hydrogen) atoms. The smallest absolute Gasteiger partial charge is 0.188 e. The van der Waals surface area contributed by atoms with E-state index in [1.807, 2.05) is 24.3 Å². The molecule has 3 rings (SSSR count). The number of rotatable bonds is 2. The third-order valence-electron chi connectivity index (χ3n) is 2.76. The molecule has 4 heteroatoms. The molecule has 2 aromatic rings. The fourth-order valence-corrected chi connectivity index (χ4v) is 3.01. The van der Waals surface area contributed by atoms with Crippen LogP contribution in [0.25, 0.3) is 0 Å². The average Bonchev–Trinajstić information content (AvgIpc) is 2.68. The molecule has 84 valence electrons. The van der Waals surface area contributed by atoms with Gasteiger partial charge in [-0.1, -0.05) is 36.0 Å². The predicted octanol–water partition coefficient (Wildman–Crippen LogP) is 2.44. The van der Waals surface area contributed by atoms with E-state index in [2.05, 4.69) is 9.97 Å². The van der Waals surface area contributed by atoms with Gasteiger partial charge in [0.25, 0.3) is 0 Å². The van der Waals surface area contributed by atoms with Crippen molar-refractivity contribution >= 4 is 17.5 Å². The summed E-state index contributed by atoms with van der Waals surface area (Å²) < 4.78 is 0. The monoisotopic (exact) mass is 242 g/mol. The zero-order chi connectivity index (χ0) is 11.7. The summed E-state index contributed by atoms with van der Waals surface area (Å²) in [5.41, 5.74) is 2.24. The van der Waals surface area contributed by atoms with E-state index in [1.54, 1.807) is 18.5 Å². The number of fused-ring (bicyclic) bond motifs is 1. The summed E-state index contributed by atoms with van der Waals surface area (Å²) in [6, 6.07) is 9.74. The van der Waals surface area contributed by atoms with Crippen LogP contribution >= 0.6 is 11.8 Å². The fourth-order valence-electron chi connectivity index (χ4n) is 1.99. The Kier molecular flexibility index (Phi) is 2.65. The van der Waals surface area contributed by atoms with Crippen LogP contribution in [0.5, 0.6) is 0 Å².